The number of nitrogens with zero attached hydrogens (tertiary/aromatic N) is 2. The number of piperidine rings is 1. The number of nitrogens with one attached hydrogen (secondary N) is 1. The van der Waals surface area contributed by atoms with Gasteiger partial charge in [0.15, 0.2) is 0 Å². The average Bonchev–Trinajstić information content (AvgIpc) is 3.56. The maximum absolute atomic E-state index is 12.8. The van der Waals surface area contributed by atoms with E-state index in [0.717, 1.165) is 54.0 Å². The zero-order chi connectivity index (χ0) is 26.2. The molecule has 206 valence electrons. The van der Waals surface area contributed by atoms with Gasteiger partial charge in [-0.15, -0.1) is 0 Å². The molecule has 5 nitrogen and oxygen atoms in total. The van der Waals surface area contributed by atoms with Crippen molar-refractivity contribution in [1.29, 1.82) is 0 Å². The molecule has 3 saturated heterocycles. The van der Waals surface area contributed by atoms with Crippen molar-refractivity contribution < 1.29 is 9.53 Å². The number of unbranched alkanes of at least 4 members (excludes halogenated alkanes) is 5. The first-order chi connectivity index (χ1) is 18.6. The molecule has 0 aromatic heterocycles. The molecule has 3 heterocycles. The van der Waals surface area contributed by atoms with Crippen molar-refractivity contribution in [2.45, 2.75) is 81.6 Å². The lowest BCUT2D eigenvalue weighted by Gasteiger charge is -2.38. The average molecular weight is 536 g/mol. The van der Waals surface area contributed by atoms with Crippen LogP contribution in [0.4, 0.5) is 10.5 Å². The summed E-state index contributed by atoms with van der Waals surface area (Å²) in [6.07, 6.45) is 11.0. The van der Waals surface area contributed by atoms with E-state index >= 15 is 0 Å². The minimum Gasteiger partial charge on any atom is -0.443 e. The number of fused-ring (bicyclic) bond motifs is 2. The van der Waals surface area contributed by atoms with Gasteiger partial charge in [0.05, 0.1) is 5.69 Å². The Balaban J connectivity index is 0.944. The maximum atomic E-state index is 12.8. The van der Waals surface area contributed by atoms with Crippen LogP contribution in [0.1, 0.15) is 64.7 Å². The van der Waals surface area contributed by atoms with E-state index in [2.05, 4.69) is 45.9 Å². The number of carbonyl (C=O) groups is 1. The molecule has 2 bridgehead atoms. The summed E-state index contributed by atoms with van der Waals surface area (Å²) in [6.45, 7) is 7.93. The van der Waals surface area contributed by atoms with Gasteiger partial charge in [0.2, 0.25) is 0 Å². The number of carbonyl (C=O) groups excluding carboxylic acids is 1. The second kappa shape index (κ2) is 13.4. The van der Waals surface area contributed by atoms with Crippen molar-refractivity contribution in [3.05, 3.63) is 54.6 Å². The Morgan fingerprint density at radius 3 is 2.34 bits per heavy atom. The van der Waals surface area contributed by atoms with Crippen LogP contribution in [-0.4, -0.2) is 71.3 Å². The van der Waals surface area contributed by atoms with Gasteiger partial charge in [-0.05, 0) is 63.7 Å². The highest BCUT2D eigenvalue weighted by Crippen LogP contribution is 2.37. The molecule has 0 aliphatic carbocycles. The summed E-state index contributed by atoms with van der Waals surface area (Å²) in [5.41, 5.74) is 2.46. The van der Waals surface area contributed by atoms with E-state index in [1.807, 2.05) is 42.5 Å². The number of thioether (sulfide) groups is 1. The predicted octanol–water partition coefficient (Wildman–Crippen LogP) is 7.29. The Morgan fingerprint density at radius 1 is 0.947 bits per heavy atom. The quantitative estimate of drug-likeness (QED) is 0.289. The molecule has 1 N–H and O–H groups in total. The first kappa shape index (κ1) is 27.5. The van der Waals surface area contributed by atoms with Crippen molar-refractivity contribution in [1.82, 2.24) is 9.80 Å². The molecule has 2 atom stereocenters. The number of benzene rings is 2. The van der Waals surface area contributed by atoms with Crippen LogP contribution in [0.3, 0.4) is 0 Å². The third kappa shape index (κ3) is 7.55. The zero-order valence-electron chi connectivity index (χ0n) is 23.1. The lowest BCUT2D eigenvalue weighted by Crippen LogP contribution is -2.46. The molecule has 38 heavy (non-hydrogen) atoms. The number of para-hydroxylation sites is 1. The van der Waals surface area contributed by atoms with E-state index in [-0.39, 0.29) is 6.09 Å². The number of anilines is 1. The molecular weight excluding hydrogens is 490 g/mol. The number of hydrogen-bond donors (Lipinski definition) is 1. The smallest absolute Gasteiger partial charge is 0.412 e. The fraction of sp³-hybridized carbons (Fsp3) is 0.594. The van der Waals surface area contributed by atoms with Crippen LogP contribution in [-0.2, 0) is 4.74 Å². The fourth-order valence-corrected chi connectivity index (χ4v) is 7.78. The van der Waals surface area contributed by atoms with Crippen LogP contribution in [0.5, 0.6) is 0 Å². The summed E-state index contributed by atoms with van der Waals surface area (Å²) < 4.78 is 5.97. The Kier molecular flexibility index (Phi) is 9.68. The minimum absolute atomic E-state index is 0.361. The molecule has 5 rings (SSSR count). The largest absolute Gasteiger partial charge is 0.443 e. The van der Waals surface area contributed by atoms with Crippen molar-refractivity contribution >= 4 is 23.5 Å². The lowest BCUT2D eigenvalue weighted by molar-refractivity contribution is -0.0163. The summed E-state index contributed by atoms with van der Waals surface area (Å²) in [7, 11) is 0. The normalized spacial score (nSPS) is 23.0. The molecule has 2 aromatic rings. The summed E-state index contributed by atoms with van der Waals surface area (Å²) >= 11 is 2.19. The van der Waals surface area contributed by atoms with E-state index in [1.165, 1.54) is 70.3 Å². The van der Waals surface area contributed by atoms with E-state index < -0.39 is 5.60 Å². The molecule has 3 fully saturated rings. The minimum atomic E-state index is -0.407. The van der Waals surface area contributed by atoms with E-state index in [0.29, 0.717) is 0 Å². The number of rotatable bonds is 12. The third-order valence-electron chi connectivity index (χ3n) is 8.68. The molecule has 6 heteroatoms. The van der Waals surface area contributed by atoms with Gasteiger partial charge in [-0.2, -0.15) is 11.8 Å². The monoisotopic (exact) mass is 535 g/mol. The Bertz CT molecular complexity index is 1020. The Morgan fingerprint density at radius 2 is 1.63 bits per heavy atom. The van der Waals surface area contributed by atoms with Gasteiger partial charge in [0.1, 0.15) is 5.60 Å². The molecule has 0 spiro atoms. The maximum Gasteiger partial charge on any atom is 0.412 e. The highest BCUT2D eigenvalue weighted by molar-refractivity contribution is 8.00. The number of ether oxygens (including phenoxy) is 1. The number of amides is 1. The van der Waals surface area contributed by atoms with Crippen LogP contribution in [0.2, 0.25) is 0 Å². The summed E-state index contributed by atoms with van der Waals surface area (Å²) in [6, 6.07) is 18.9. The number of hydrogen-bond acceptors (Lipinski definition) is 5. The Labute approximate surface area is 233 Å². The first-order valence-electron chi connectivity index (χ1n) is 14.8. The van der Waals surface area contributed by atoms with Crippen LogP contribution in [0.25, 0.3) is 11.1 Å². The van der Waals surface area contributed by atoms with Gasteiger partial charge in [0.25, 0.3) is 0 Å². The second-order valence-electron chi connectivity index (χ2n) is 11.7. The fourth-order valence-electron chi connectivity index (χ4n) is 6.28. The standard InChI is InChI=1S/C32H45N3O2S/c1-32(37-31(36)33-30-16-10-9-15-29(30)26-13-7-6-8-14-26)17-21-34(22-18-32)19-11-4-2-3-5-12-20-35-24-28-23-27(35)25-38-28/h6-10,13-16,27-28H,2-5,11-12,17-25H2,1H3,(H,33,36)/t27-,28+/m1/s1. The Hall–Kier alpha value is -2.02. The van der Waals surface area contributed by atoms with Gasteiger partial charge >= 0.3 is 6.09 Å². The van der Waals surface area contributed by atoms with Crippen molar-refractivity contribution in [3.63, 3.8) is 0 Å². The van der Waals surface area contributed by atoms with Crippen LogP contribution < -0.4 is 5.32 Å². The van der Waals surface area contributed by atoms with Gasteiger partial charge in [-0.3, -0.25) is 10.2 Å². The van der Waals surface area contributed by atoms with Crippen molar-refractivity contribution in [2.24, 2.45) is 0 Å². The van der Waals surface area contributed by atoms with E-state index in [9.17, 15) is 4.79 Å². The molecule has 3 aliphatic heterocycles. The zero-order valence-corrected chi connectivity index (χ0v) is 23.9. The molecule has 0 saturated carbocycles. The highest BCUT2D eigenvalue weighted by Gasteiger charge is 2.37. The molecule has 0 radical (unpaired) electrons. The highest BCUT2D eigenvalue weighted by atomic mass is 32.2. The van der Waals surface area contributed by atoms with Gasteiger partial charge in [-0.25, -0.2) is 4.79 Å². The molecule has 1 amide bonds. The van der Waals surface area contributed by atoms with Crippen molar-refractivity contribution in [2.75, 3.05) is 43.8 Å². The molecule has 3 aliphatic rings. The van der Waals surface area contributed by atoms with Gasteiger partial charge in [0, 0.05) is 42.2 Å². The van der Waals surface area contributed by atoms with E-state index in [1.54, 1.807) is 0 Å². The second-order valence-corrected chi connectivity index (χ2v) is 13.0. The van der Waals surface area contributed by atoms with Gasteiger partial charge < -0.3 is 9.64 Å². The van der Waals surface area contributed by atoms with E-state index in [4.69, 9.17) is 4.74 Å². The topological polar surface area (TPSA) is 44.8 Å². The summed E-state index contributed by atoms with van der Waals surface area (Å²) in [5, 5.41) is 3.94. The summed E-state index contributed by atoms with van der Waals surface area (Å²) in [5.74, 6) is 1.38. The third-order valence-corrected chi connectivity index (χ3v) is 10.1. The van der Waals surface area contributed by atoms with Gasteiger partial charge in [-0.1, -0.05) is 74.2 Å². The first-order valence-corrected chi connectivity index (χ1v) is 15.9. The predicted molar refractivity (Wildman–Crippen MR) is 160 cm³/mol. The summed E-state index contributed by atoms with van der Waals surface area (Å²) in [4.78, 5) is 18.1. The number of likely N-dealkylation sites (tertiary alicyclic amines) is 2. The molecular formula is C32H45N3O2S. The van der Waals surface area contributed by atoms with Crippen LogP contribution >= 0.6 is 11.8 Å². The molecule has 2 aromatic carbocycles. The van der Waals surface area contributed by atoms with Crippen LogP contribution in [0.15, 0.2) is 54.6 Å². The molecule has 0 unspecified atom stereocenters. The SMILES string of the molecule is CC1(OC(=O)Nc2ccccc2-c2ccccc2)CCN(CCCCCCCCN2C[C@@H]3C[C@@H]2CS3)CC1. The van der Waals surface area contributed by atoms with Crippen molar-refractivity contribution in [3.8, 4) is 11.1 Å². The lowest BCUT2D eigenvalue weighted by atomic mass is 9.93. The van der Waals surface area contributed by atoms with Crippen LogP contribution in [0, 0.1) is 0 Å².